The van der Waals surface area contributed by atoms with Crippen molar-refractivity contribution in [3.8, 4) is 5.75 Å². The molecule has 86 valence electrons. The molecular formula is C13H17NO2. The number of Topliss-reactive ketones (excluding diaryl/α,β-unsaturated/α-hetero) is 1. The first-order chi connectivity index (χ1) is 7.53. The summed E-state index contributed by atoms with van der Waals surface area (Å²) >= 11 is 0. The molecule has 0 amide bonds. The molecule has 0 spiro atoms. The Labute approximate surface area is 95.6 Å². The van der Waals surface area contributed by atoms with Crippen LogP contribution in [0.5, 0.6) is 5.75 Å². The highest BCUT2D eigenvalue weighted by molar-refractivity contribution is 6.07. The van der Waals surface area contributed by atoms with E-state index in [1.807, 2.05) is 32.0 Å². The lowest BCUT2D eigenvalue weighted by molar-refractivity contribution is 0.0943. The fourth-order valence-corrected chi connectivity index (χ4v) is 1.64. The fraction of sp³-hybridized carbons (Fsp3) is 0.462. The molecule has 0 saturated heterocycles. The predicted molar refractivity (Wildman–Crippen MR) is 62.7 cm³/mol. The third-order valence-electron chi connectivity index (χ3n) is 2.74. The van der Waals surface area contributed by atoms with Crippen LogP contribution in [0.25, 0.3) is 0 Å². The van der Waals surface area contributed by atoms with Crippen molar-refractivity contribution in [3.63, 3.8) is 0 Å². The molecule has 0 radical (unpaired) electrons. The molecule has 1 saturated carbocycles. The van der Waals surface area contributed by atoms with Crippen LogP contribution in [0, 0.1) is 0 Å². The molecule has 1 aliphatic carbocycles. The monoisotopic (exact) mass is 219 g/mol. The highest BCUT2D eigenvalue weighted by Gasteiger charge is 2.46. The number of rotatable bonds is 4. The first kappa shape index (κ1) is 11.1. The first-order valence-electron chi connectivity index (χ1n) is 5.62. The SMILES string of the molecule is CC(C)Oc1ccccc1C(=O)C1(N)CC1. The Kier molecular flexibility index (Phi) is 2.72. The van der Waals surface area contributed by atoms with Crippen LogP contribution in [0.15, 0.2) is 24.3 Å². The van der Waals surface area contributed by atoms with Gasteiger partial charge in [0.05, 0.1) is 17.2 Å². The Bertz CT molecular complexity index is 408. The average Bonchev–Trinajstić information content (AvgIpc) is 2.97. The number of carbonyl (C=O) groups excluding carboxylic acids is 1. The second-order valence-electron chi connectivity index (χ2n) is 4.65. The summed E-state index contributed by atoms with van der Waals surface area (Å²) in [6, 6.07) is 7.31. The largest absolute Gasteiger partial charge is 0.490 e. The van der Waals surface area contributed by atoms with E-state index in [1.165, 1.54) is 0 Å². The van der Waals surface area contributed by atoms with Crippen LogP contribution in [0.1, 0.15) is 37.0 Å². The molecule has 1 fully saturated rings. The zero-order valence-electron chi connectivity index (χ0n) is 9.69. The molecule has 3 heteroatoms. The van der Waals surface area contributed by atoms with Crippen molar-refractivity contribution >= 4 is 5.78 Å². The van der Waals surface area contributed by atoms with Gasteiger partial charge in [-0.1, -0.05) is 12.1 Å². The standard InChI is InChI=1S/C13H17NO2/c1-9(2)16-11-6-4-3-5-10(11)12(15)13(14)7-8-13/h3-6,9H,7-8,14H2,1-2H3. The average molecular weight is 219 g/mol. The van der Waals surface area contributed by atoms with Gasteiger partial charge < -0.3 is 10.5 Å². The van der Waals surface area contributed by atoms with Crippen molar-refractivity contribution in [1.29, 1.82) is 0 Å². The van der Waals surface area contributed by atoms with Gasteiger partial charge in [-0.15, -0.1) is 0 Å². The lowest BCUT2D eigenvalue weighted by atomic mass is 10.0. The van der Waals surface area contributed by atoms with Gasteiger partial charge in [-0.25, -0.2) is 0 Å². The van der Waals surface area contributed by atoms with Crippen LogP contribution in [0.3, 0.4) is 0 Å². The van der Waals surface area contributed by atoms with Gasteiger partial charge in [0.1, 0.15) is 5.75 Å². The predicted octanol–water partition coefficient (Wildman–Crippen LogP) is 2.15. The van der Waals surface area contributed by atoms with E-state index in [4.69, 9.17) is 10.5 Å². The summed E-state index contributed by atoms with van der Waals surface area (Å²) in [4.78, 5) is 12.1. The maximum absolute atomic E-state index is 12.1. The summed E-state index contributed by atoms with van der Waals surface area (Å²) < 4.78 is 5.61. The number of carbonyl (C=O) groups is 1. The molecule has 0 aromatic heterocycles. The van der Waals surface area contributed by atoms with Crippen molar-refractivity contribution in [2.75, 3.05) is 0 Å². The van der Waals surface area contributed by atoms with E-state index in [-0.39, 0.29) is 11.9 Å². The Morgan fingerprint density at radius 1 is 1.38 bits per heavy atom. The molecule has 0 bridgehead atoms. The number of hydrogen-bond acceptors (Lipinski definition) is 3. The molecule has 2 rings (SSSR count). The molecule has 0 heterocycles. The minimum absolute atomic E-state index is 0.00347. The maximum atomic E-state index is 12.1. The topological polar surface area (TPSA) is 52.3 Å². The lowest BCUT2D eigenvalue weighted by Crippen LogP contribution is -2.33. The zero-order valence-corrected chi connectivity index (χ0v) is 9.69. The Hall–Kier alpha value is -1.35. The van der Waals surface area contributed by atoms with E-state index >= 15 is 0 Å². The highest BCUT2D eigenvalue weighted by Crippen LogP contribution is 2.37. The third kappa shape index (κ3) is 2.09. The van der Waals surface area contributed by atoms with Gasteiger partial charge in [0, 0.05) is 0 Å². The number of nitrogens with two attached hydrogens (primary N) is 1. The van der Waals surface area contributed by atoms with E-state index in [2.05, 4.69) is 0 Å². The summed E-state index contributed by atoms with van der Waals surface area (Å²) in [5, 5.41) is 0. The molecule has 2 N–H and O–H groups in total. The maximum Gasteiger partial charge on any atom is 0.186 e. The van der Waals surface area contributed by atoms with E-state index in [9.17, 15) is 4.79 Å². The van der Waals surface area contributed by atoms with Gasteiger partial charge >= 0.3 is 0 Å². The zero-order chi connectivity index (χ0) is 11.8. The second-order valence-corrected chi connectivity index (χ2v) is 4.65. The minimum Gasteiger partial charge on any atom is -0.490 e. The molecule has 1 aromatic rings. The van der Waals surface area contributed by atoms with Gasteiger partial charge in [-0.3, -0.25) is 4.79 Å². The second kappa shape index (κ2) is 3.91. The van der Waals surface area contributed by atoms with Crippen molar-refractivity contribution in [2.24, 2.45) is 5.73 Å². The summed E-state index contributed by atoms with van der Waals surface area (Å²) in [6.07, 6.45) is 1.62. The van der Waals surface area contributed by atoms with Gasteiger partial charge in [0.15, 0.2) is 5.78 Å². The van der Waals surface area contributed by atoms with Crippen LogP contribution < -0.4 is 10.5 Å². The van der Waals surface area contributed by atoms with Crippen LogP contribution in [0.4, 0.5) is 0 Å². The molecule has 0 aliphatic heterocycles. The molecule has 0 atom stereocenters. The molecule has 16 heavy (non-hydrogen) atoms. The minimum atomic E-state index is -0.629. The van der Waals surface area contributed by atoms with E-state index < -0.39 is 5.54 Å². The number of hydrogen-bond donors (Lipinski definition) is 1. The Balaban J connectivity index is 2.29. The van der Waals surface area contributed by atoms with Gasteiger partial charge in [0.2, 0.25) is 0 Å². The van der Waals surface area contributed by atoms with E-state index in [1.54, 1.807) is 6.07 Å². The molecule has 1 aromatic carbocycles. The van der Waals surface area contributed by atoms with Crippen LogP contribution in [-0.4, -0.2) is 17.4 Å². The highest BCUT2D eigenvalue weighted by atomic mass is 16.5. The number of ether oxygens (including phenoxy) is 1. The Morgan fingerprint density at radius 2 is 2.00 bits per heavy atom. The van der Waals surface area contributed by atoms with Gasteiger partial charge in [0.25, 0.3) is 0 Å². The molecule has 3 nitrogen and oxygen atoms in total. The summed E-state index contributed by atoms with van der Waals surface area (Å²) in [5.74, 6) is 0.642. The third-order valence-corrected chi connectivity index (χ3v) is 2.74. The van der Waals surface area contributed by atoms with Crippen molar-refractivity contribution in [1.82, 2.24) is 0 Å². The Morgan fingerprint density at radius 3 is 2.56 bits per heavy atom. The number of benzene rings is 1. The van der Waals surface area contributed by atoms with Crippen LogP contribution >= 0.6 is 0 Å². The number of para-hydroxylation sites is 1. The van der Waals surface area contributed by atoms with Gasteiger partial charge in [-0.2, -0.15) is 0 Å². The lowest BCUT2D eigenvalue weighted by Gasteiger charge is -2.15. The fourth-order valence-electron chi connectivity index (χ4n) is 1.64. The van der Waals surface area contributed by atoms with Crippen LogP contribution in [-0.2, 0) is 0 Å². The van der Waals surface area contributed by atoms with Gasteiger partial charge in [-0.05, 0) is 38.8 Å². The quantitative estimate of drug-likeness (QED) is 0.789. The molecule has 0 unspecified atom stereocenters. The van der Waals surface area contributed by atoms with E-state index in [0.29, 0.717) is 11.3 Å². The first-order valence-corrected chi connectivity index (χ1v) is 5.62. The summed E-state index contributed by atoms with van der Waals surface area (Å²) in [6.45, 7) is 3.88. The van der Waals surface area contributed by atoms with Crippen molar-refractivity contribution in [2.45, 2.75) is 38.3 Å². The van der Waals surface area contributed by atoms with Crippen molar-refractivity contribution < 1.29 is 9.53 Å². The summed E-state index contributed by atoms with van der Waals surface area (Å²) in [5.41, 5.74) is 5.90. The number of ketones is 1. The molecule has 1 aliphatic rings. The van der Waals surface area contributed by atoms with Crippen molar-refractivity contribution in [3.05, 3.63) is 29.8 Å². The molecular weight excluding hydrogens is 202 g/mol. The summed E-state index contributed by atoms with van der Waals surface area (Å²) in [7, 11) is 0. The smallest absolute Gasteiger partial charge is 0.186 e. The normalized spacial score (nSPS) is 17.2. The van der Waals surface area contributed by atoms with E-state index in [0.717, 1.165) is 12.8 Å². The van der Waals surface area contributed by atoms with Crippen LogP contribution in [0.2, 0.25) is 0 Å².